The molecule has 0 aliphatic carbocycles. The first-order valence-electron chi connectivity index (χ1n) is 8.18. The van der Waals surface area contributed by atoms with Crippen molar-refractivity contribution >= 4 is 29.1 Å². The lowest BCUT2D eigenvalue weighted by Crippen LogP contribution is -2.27. The van der Waals surface area contributed by atoms with Crippen LogP contribution in [0.5, 0.6) is 0 Å². The van der Waals surface area contributed by atoms with E-state index < -0.39 is 0 Å². The molecule has 0 radical (unpaired) electrons. The van der Waals surface area contributed by atoms with Crippen LogP contribution < -0.4 is 5.32 Å². The molecule has 25 heavy (non-hydrogen) atoms. The standard InChI is InChI=1S/C19H19N5S/c1-20-19-17(15-9-3-4-12-25-15)22-16(14-8-6-11-24(14)2)13-7-5-10-21-18(13)23-19/h4-12,17H,3H2,1-2H3,(H,20,21,23). The second kappa shape index (κ2) is 6.72. The molecule has 2 aromatic heterocycles. The van der Waals surface area contributed by atoms with Crippen LogP contribution >= 0.6 is 11.8 Å². The Morgan fingerprint density at radius 2 is 2.24 bits per heavy atom. The molecular weight excluding hydrogens is 330 g/mol. The topological polar surface area (TPSA) is 54.6 Å². The Morgan fingerprint density at radius 3 is 2.96 bits per heavy atom. The van der Waals surface area contributed by atoms with Crippen molar-refractivity contribution in [3.8, 4) is 0 Å². The Hall–Kier alpha value is -2.60. The second-order valence-corrected chi connectivity index (χ2v) is 6.83. The van der Waals surface area contributed by atoms with Gasteiger partial charge in [-0.2, -0.15) is 0 Å². The summed E-state index contributed by atoms with van der Waals surface area (Å²) in [6.45, 7) is 0. The van der Waals surface area contributed by atoms with E-state index in [1.54, 1.807) is 25.0 Å². The summed E-state index contributed by atoms with van der Waals surface area (Å²) in [7, 11) is 3.83. The van der Waals surface area contributed by atoms with E-state index >= 15 is 0 Å². The SMILES string of the molecule is CN=C1Nc2ncccc2C(c2cccn2C)=NC1C1=CCC=CS1. The number of allylic oxidation sites excluding steroid dienone is 2. The Balaban J connectivity index is 1.91. The number of hydrogen-bond acceptors (Lipinski definition) is 4. The van der Waals surface area contributed by atoms with E-state index in [0.717, 1.165) is 35.0 Å². The molecule has 5 nitrogen and oxygen atoms in total. The van der Waals surface area contributed by atoms with Crippen LogP contribution in [0.15, 0.2) is 69.1 Å². The summed E-state index contributed by atoms with van der Waals surface area (Å²) >= 11 is 1.71. The zero-order valence-electron chi connectivity index (χ0n) is 14.2. The number of fused-ring (bicyclic) bond motifs is 1. The van der Waals surface area contributed by atoms with Crippen molar-refractivity contribution in [2.24, 2.45) is 17.0 Å². The molecule has 0 bridgehead atoms. The monoisotopic (exact) mass is 349 g/mol. The van der Waals surface area contributed by atoms with Crippen molar-refractivity contribution < 1.29 is 0 Å². The Kier molecular flexibility index (Phi) is 4.28. The molecule has 0 fully saturated rings. The number of aliphatic imine (C=N–C) groups is 2. The van der Waals surface area contributed by atoms with Crippen LogP contribution in [0.25, 0.3) is 0 Å². The van der Waals surface area contributed by atoms with Crippen molar-refractivity contribution in [1.82, 2.24) is 9.55 Å². The fraction of sp³-hybridized carbons (Fsp3) is 0.211. The van der Waals surface area contributed by atoms with Gasteiger partial charge in [0.1, 0.15) is 17.7 Å². The third kappa shape index (κ3) is 2.93. The third-order valence-electron chi connectivity index (χ3n) is 4.28. The number of rotatable bonds is 2. The van der Waals surface area contributed by atoms with Crippen LogP contribution in [0, 0.1) is 0 Å². The summed E-state index contributed by atoms with van der Waals surface area (Å²) in [6.07, 6.45) is 9.12. The lowest BCUT2D eigenvalue weighted by molar-refractivity contribution is 0.910. The molecule has 0 amide bonds. The molecule has 6 heteroatoms. The molecule has 1 N–H and O–H groups in total. The van der Waals surface area contributed by atoms with Gasteiger partial charge in [-0.3, -0.25) is 9.98 Å². The third-order valence-corrected chi connectivity index (χ3v) is 5.27. The summed E-state index contributed by atoms with van der Waals surface area (Å²) in [5, 5.41) is 5.53. The predicted octanol–water partition coefficient (Wildman–Crippen LogP) is 3.61. The molecule has 0 saturated heterocycles. The average Bonchev–Trinajstić information content (AvgIpc) is 3.00. The van der Waals surface area contributed by atoms with Gasteiger partial charge in [0.15, 0.2) is 0 Å². The number of aryl methyl sites for hydroxylation is 1. The summed E-state index contributed by atoms with van der Waals surface area (Å²) in [5.41, 5.74) is 2.99. The Morgan fingerprint density at radius 1 is 1.32 bits per heavy atom. The van der Waals surface area contributed by atoms with Gasteiger partial charge in [0.05, 0.1) is 11.4 Å². The molecule has 2 aliphatic heterocycles. The highest BCUT2D eigenvalue weighted by molar-refractivity contribution is 8.06. The van der Waals surface area contributed by atoms with Gasteiger partial charge in [0.2, 0.25) is 0 Å². The normalized spacial score (nSPS) is 21.2. The van der Waals surface area contributed by atoms with Crippen molar-refractivity contribution in [3.05, 3.63) is 70.4 Å². The molecule has 0 spiro atoms. The van der Waals surface area contributed by atoms with Crippen LogP contribution in [0.2, 0.25) is 0 Å². The number of anilines is 1. The fourth-order valence-electron chi connectivity index (χ4n) is 3.02. The molecule has 4 heterocycles. The highest BCUT2D eigenvalue weighted by Crippen LogP contribution is 2.32. The van der Waals surface area contributed by atoms with Gasteiger partial charge in [-0.05, 0) is 36.1 Å². The number of amidine groups is 1. The maximum atomic E-state index is 5.14. The maximum Gasteiger partial charge on any atom is 0.140 e. The highest BCUT2D eigenvalue weighted by Gasteiger charge is 2.28. The first kappa shape index (κ1) is 15.9. The lowest BCUT2D eigenvalue weighted by atomic mass is 10.1. The van der Waals surface area contributed by atoms with Crippen molar-refractivity contribution in [2.45, 2.75) is 12.5 Å². The molecule has 4 rings (SSSR count). The first-order valence-corrected chi connectivity index (χ1v) is 9.06. The summed E-state index contributed by atoms with van der Waals surface area (Å²) in [5.74, 6) is 1.61. The summed E-state index contributed by atoms with van der Waals surface area (Å²) in [6, 6.07) is 7.97. The Bertz CT molecular complexity index is 919. The van der Waals surface area contributed by atoms with E-state index in [9.17, 15) is 0 Å². The van der Waals surface area contributed by atoms with Crippen LogP contribution in [0.1, 0.15) is 17.7 Å². The van der Waals surface area contributed by atoms with Crippen LogP contribution in [0.4, 0.5) is 5.82 Å². The Labute approximate surface area is 151 Å². The highest BCUT2D eigenvalue weighted by atomic mass is 32.2. The van der Waals surface area contributed by atoms with E-state index in [-0.39, 0.29) is 6.04 Å². The predicted molar refractivity (Wildman–Crippen MR) is 105 cm³/mol. The smallest absolute Gasteiger partial charge is 0.140 e. The minimum atomic E-state index is -0.154. The van der Waals surface area contributed by atoms with Gasteiger partial charge >= 0.3 is 0 Å². The molecule has 2 aliphatic rings. The van der Waals surface area contributed by atoms with E-state index in [1.807, 2.05) is 25.4 Å². The van der Waals surface area contributed by atoms with Gasteiger partial charge in [-0.15, -0.1) is 11.8 Å². The quantitative estimate of drug-likeness (QED) is 0.901. The molecule has 1 unspecified atom stereocenters. The number of aromatic nitrogens is 2. The molecule has 1 atom stereocenters. The number of nitrogens with one attached hydrogen (secondary N) is 1. The largest absolute Gasteiger partial charge is 0.349 e. The van der Waals surface area contributed by atoms with Crippen LogP contribution in [-0.2, 0) is 7.05 Å². The van der Waals surface area contributed by atoms with Crippen molar-refractivity contribution in [1.29, 1.82) is 0 Å². The van der Waals surface area contributed by atoms with E-state index in [2.05, 4.69) is 49.6 Å². The summed E-state index contributed by atoms with van der Waals surface area (Å²) in [4.78, 5) is 15.3. The van der Waals surface area contributed by atoms with Gasteiger partial charge in [0.25, 0.3) is 0 Å². The number of nitrogens with zero attached hydrogens (tertiary/aromatic N) is 4. The van der Waals surface area contributed by atoms with Crippen LogP contribution in [-0.4, -0.2) is 34.2 Å². The van der Waals surface area contributed by atoms with Gasteiger partial charge < -0.3 is 9.88 Å². The van der Waals surface area contributed by atoms with Crippen molar-refractivity contribution in [2.75, 3.05) is 12.4 Å². The molecule has 126 valence electrons. The van der Waals surface area contributed by atoms with Gasteiger partial charge in [-0.25, -0.2) is 4.98 Å². The van der Waals surface area contributed by atoms with E-state index in [4.69, 9.17) is 4.99 Å². The molecule has 2 aromatic rings. The minimum Gasteiger partial charge on any atom is -0.349 e. The second-order valence-electron chi connectivity index (χ2n) is 5.85. The lowest BCUT2D eigenvalue weighted by Gasteiger charge is -2.18. The maximum absolute atomic E-state index is 5.14. The molecule has 0 aromatic carbocycles. The fourth-order valence-corrected chi connectivity index (χ4v) is 3.87. The molecule has 0 saturated carbocycles. The van der Waals surface area contributed by atoms with Crippen LogP contribution in [0.3, 0.4) is 0 Å². The van der Waals surface area contributed by atoms with E-state index in [1.165, 1.54) is 4.91 Å². The van der Waals surface area contributed by atoms with Gasteiger partial charge in [-0.1, -0.05) is 12.2 Å². The zero-order valence-corrected chi connectivity index (χ0v) is 15.0. The number of pyridine rings is 1. The average molecular weight is 349 g/mol. The zero-order chi connectivity index (χ0) is 17.2. The minimum absolute atomic E-state index is 0.154. The first-order chi connectivity index (χ1) is 12.3. The number of thioether (sulfide) groups is 1. The number of hydrogen-bond donors (Lipinski definition) is 1. The summed E-state index contributed by atoms with van der Waals surface area (Å²) < 4.78 is 2.09. The van der Waals surface area contributed by atoms with Crippen molar-refractivity contribution in [3.63, 3.8) is 0 Å². The molecular formula is C19H19N5S. The van der Waals surface area contributed by atoms with E-state index in [0.29, 0.717) is 0 Å². The van der Waals surface area contributed by atoms with Gasteiger partial charge in [0, 0.05) is 37.0 Å².